The summed E-state index contributed by atoms with van der Waals surface area (Å²) in [6, 6.07) is 9.24. The van der Waals surface area contributed by atoms with Gasteiger partial charge in [-0.1, -0.05) is 18.2 Å². The van der Waals surface area contributed by atoms with Crippen molar-refractivity contribution in [3.05, 3.63) is 59.2 Å². The van der Waals surface area contributed by atoms with Gasteiger partial charge in [0.2, 0.25) is 5.82 Å². The lowest BCUT2D eigenvalue weighted by molar-refractivity contribution is 0.414. The second kappa shape index (κ2) is 5.14. The lowest BCUT2D eigenvalue weighted by atomic mass is 10.1. The van der Waals surface area contributed by atoms with Crippen LogP contribution in [0.15, 0.2) is 36.4 Å². The van der Waals surface area contributed by atoms with Crippen molar-refractivity contribution < 1.29 is 13.5 Å². The molecule has 2 nitrogen and oxygen atoms in total. The molecule has 94 valence electrons. The fraction of sp³-hybridized carbons (Fsp3) is 0.143. The molecule has 2 aromatic rings. The van der Waals surface area contributed by atoms with Gasteiger partial charge in [0.25, 0.3) is 0 Å². The zero-order valence-corrected chi connectivity index (χ0v) is 9.91. The monoisotopic (exact) mass is 249 g/mol. The van der Waals surface area contributed by atoms with Crippen LogP contribution in [-0.2, 0) is 6.54 Å². The van der Waals surface area contributed by atoms with Gasteiger partial charge in [-0.3, -0.25) is 0 Å². The van der Waals surface area contributed by atoms with E-state index in [4.69, 9.17) is 10.5 Å². The summed E-state index contributed by atoms with van der Waals surface area (Å²) in [5.74, 6) is -1.58. The minimum atomic E-state index is -0.991. The zero-order chi connectivity index (χ0) is 13.1. The van der Waals surface area contributed by atoms with Crippen molar-refractivity contribution in [2.24, 2.45) is 5.73 Å². The molecule has 0 bridgehead atoms. The Morgan fingerprint density at radius 2 is 1.89 bits per heavy atom. The van der Waals surface area contributed by atoms with Gasteiger partial charge in [0.1, 0.15) is 5.75 Å². The Morgan fingerprint density at radius 1 is 1.11 bits per heavy atom. The third-order valence-electron chi connectivity index (χ3n) is 2.62. The van der Waals surface area contributed by atoms with Crippen LogP contribution in [-0.4, -0.2) is 0 Å². The molecule has 0 aliphatic carbocycles. The first-order chi connectivity index (χ1) is 8.61. The van der Waals surface area contributed by atoms with Crippen LogP contribution in [0.2, 0.25) is 0 Å². The lowest BCUT2D eigenvalue weighted by Gasteiger charge is -2.11. The third-order valence-corrected chi connectivity index (χ3v) is 2.62. The molecule has 0 radical (unpaired) electrons. The topological polar surface area (TPSA) is 35.2 Å². The number of aryl methyl sites for hydroxylation is 1. The standard InChI is InChI=1S/C14H13F2NO/c1-9-5-6-10(8-17)7-13(9)18-12-4-2-3-11(15)14(12)16/h2-7H,8,17H2,1H3. The quantitative estimate of drug-likeness (QED) is 0.903. The number of rotatable bonds is 3. The number of halogens is 2. The van der Waals surface area contributed by atoms with E-state index < -0.39 is 11.6 Å². The summed E-state index contributed by atoms with van der Waals surface area (Å²) in [6.07, 6.45) is 0. The Morgan fingerprint density at radius 3 is 2.61 bits per heavy atom. The summed E-state index contributed by atoms with van der Waals surface area (Å²) in [7, 11) is 0. The largest absolute Gasteiger partial charge is 0.454 e. The fourth-order valence-corrected chi connectivity index (χ4v) is 1.56. The molecule has 4 heteroatoms. The molecule has 0 atom stereocenters. The second-order valence-electron chi connectivity index (χ2n) is 3.96. The van der Waals surface area contributed by atoms with Crippen LogP contribution in [0.5, 0.6) is 11.5 Å². The Kier molecular flexibility index (Phi) is 3.58. The summed E-state index contributed by atoms with van der Waals surface area (Å²) >= 11 is 0. The van der Waals surface area contributed by atoms with E-state index in [9.17, 15) is 8.78 Å². The predicted octanol–water partition coefficient (Wildman–Crippen LogP) is 3.52. The molecule has 18 heavy (non-hydrogen) atoms. The Balaban J connectivity index is 2.36. The van der Waals surface area contributed by atoms with E-state index in [1.54, 1.807) is 6.07 Å². The number of benzene rings is 2. The van der Waals surface area contributed by atoms with Gasteiger partial charge in [0.15, 0.2) is 11.6 Å². The van der Waals surface area contributed by atoms with E-state index in [-0.39, 0.29) is 5.75 Å². The van der Waals surface area contributed by atoms with E-state index in [1.807, 2.05) is 19.1 Å². The summed E-state index contributed by atoms with van der Waals surface area (Å²) in [5, 5.41) is 0. The van der Waals surface area contributed by atoms with Crippen molar-refractivity contribution in [2.45, 2.75) is 13.5 Å². The molecule has 0 aromatic heterocycles. The van der Waals surface area contributed by atoms with Crippen LogP contribution in [0, 0.1) is 18.6 Å². The highest BCUT2D eigenvalue weighted by molar-refractivity contribution is 5.40. The van der Waals surface area contributed by atoms with Gasteiger partial charge in [0, 0.05) is 6.54 Å². The van der Waals surface area contributed by atoms with Crippen molar-refractivity contribution >= 4 is 0 Å². The van der Waals surface area contributed by atoms with Gasteiger partial charge in [-0.15, -0.1) is 0 Å². The van der Waals surface area contributed by atoms with Crippen LogP contribution < -0.4 is 10.5 Å². The maximum absolute atomic E-state index is 13.5. The minimum Gasteiger partial charge on any atom is -0.454 e. The van der Waals surface area contributed by atoms with Crippen LogP contribution in [0.25, 0.3) is 0 Å². The highest BCUT2D eigenvalue weighted by Crippen LogP contribution is 2.28. The number of hydrogen-bond donors (Lipinski definition) is 1. The molecule has 2 N–H and O–H groups in total. The molecule has 2 aromatic carbocycles. The highest BCUT2D eigenvalue weighted by atomic mass is 19.2. The maximum atomic E-state index is 13.5. The fourth-order valence-electron chi connectivity index (χ4n) is 1.56. The van der Waals surface area contributed by atoms with Crippen LogP contribution in [0.3, 0.4) is 0 Å². The van der Waals surface area contributed by atoms with Crippen molar-refractivity contribution in [3.63, 3.8) is 0 Å². The van der Waals surface area contributed by atoms with Crippen LogP contribution in [0.1, 0.15) is 11.1 Å². The normalized spacial score (nSPS) is 10.4. The van der Waals surface area contributed by atoms with Gasteiger partial charge < -0.3 is 10.5 Å². The van der Waals surface area contributed by atoms with Gasteiger partial charge in [-0.05, 0) is 36.2 Å². The number of ether oxygens (including phenoxy) is 1. The summed E-state index contributed by atoms with van der Waals surface area (Å²) in [4.78, 5) is 0. The van der Waals surface area contributed by atoms with E-state index in [0.717, 1.165) is 17.2 Å². The van der Waals surface area contributed by atoms with Crippen LogP contribution >= 0.6 is 0 Å². The molecule has 0 saturated heterocycles. The Labute approximate surface area is 104 Å². The molecule has 0 saturated carbocycles. The lowest BCUT2D eigenvalue weighted by Crippen LogP contribution is -1.98. The molecular formula is C14H13F2NO. The number of nitrogens with two attached hydrogens (primary N) is 1. The van der Waals surface area contributed by atoms with Crippen molar-refractivity contribution in [1.82, 2.24) is 0 Å². The van der Waals surface area contributed by atoms with Crippen molar-refractivity contribution in [2.75, 3.05) is 0 Å². The molecule has 0 unspecified atom stereocenters. The first-order valence-electron chi connectivity index (χ1n) is 5.53. The molecule has 0 amide bonds. The van der Waals surface area contributed by atoms with E-state index in [1.165, 1.54) is 12.1 Å². The first-order valence-corrected chi connectivity index (χ1v) is 5.53. The molecule has 0 heterocycles. The van der Waals surface area contributed by atoms with Crippen LogP contribution in [0.4, 0.5) is 8.78 Å². The SMILES string of the molecule is Cc1ccc(CN)cc1Oc1cccc(F)c1F. The van der Waals surface area contributed by atoms with Gasteiger partial charge in [-0.2, -0.15) is 4.39 Å². The highest BCUT2D eigenvalue weighted by Gasteiger charge is 2.11. The van der Waals surface area contributed by atoms with E-state index in [2.05, 4.69) is 0 Å². The molecule has 0 aliphatic heterocycles. The van der Waals surface area contributed by atoms with Gasteiger partial charge in [-0.25, -0.2) is 4.39 Å². The average molecular weight is 249 g/mol. The van der Waals surface area contributed by atoms with Gasteiger partial charge >= 0.3 is 0 Å². The Hall–Kier alpha value is -1.94. The maximum Gasteiger partial charge on any atom is 0.201 e. The number of hydrogen-bond acceptors (Lipinski definition) is 2. The Bertz CT molecular complexity index is 570. The van der Waals surface area contributed by atoms with Gasteiger partial charge in [0.05, 0.1) is 0 Å². The third kappa shape index (κ3) is 2.49. The van der Waals surface area contributed by atoms with Crippen molar-refractivity contribution in [1.29, 1.82) is 0 Å². The average Bonchev–Trinajstić information content (AvgIpc) is 2.37. The molecule has 0 fully saturated rings. The smallest absolute Gasteiger partial charge is 0.201 e. The van der Waals surface area contributed by atoms with E-state index in [0.29, 0.717) is 12.3 Å². The summed E-state index contributed by atoms with van der Waals surface area (Å²) in [5.41, 5.74) is 7.22. The predicted molar refractivity (Wildman–Crippen MR) is 65.5 cm³/mol. The first kappa shape index (κ1) is 12.5. The summed E-state index contributed by atoms with van der Waals surface area (Å²) in [6.45, 7) is 2.19. The second-order valence-corrected chi connectivity index (χ2v) is 3.96. The molecule has 0 aliphatic rings. The molecule has 2 rings (SSSR count). The van der Waals surface area contributed by atoms with Crippen molar-refractivity contribution in [3.8, 4) is 11.5 Å². The summed E-state index contributed by atoms with van der Waals surface area (Å²) < 4.78 is 31.9. The molecular weight excluding hydrogens is 236 g/mol. The van der Waals surface area contributed by atoms with E-state index >= 15 is 0 Å². The molecule has 0 spiro atoms. The zero-order valence-electron chi connectivity index (χ0n) is 9.91. The minimum absolute atomic E-state index is 0.132.